The molecule has 1 fully saturated rings. The number of ether oxygens (including phenoxy) is 1. The molecule has 1 aliphatic heterocycles. The monoisotopic (exact) mass is 413 g/mol. The molecule has 156 valence electrons. The van der Waals surface area contributed by atoms with Gasteiger partial charge in [0.05, 0.1) is 24.6 Å². The maximum absolute atomic E-state index is 13.0. The Hall–Kier alpha value is -3.86. The molecule has 0 aromatic heterocycles. The van der Waals surface area contributed by atoms with E-state index in [4.69, 9.17) is 9.84 Å². The number of benzene rings is 3. The van der Waals surface area contributed by atoms with Crippen molar-refractivity contribution in [2.45, 2.75) is 12.5 Å². The van der Waals surface area contributed by atoms with Gasteiger partial charge in [0.1, 0.15) is 5.75 Å². The second kappa shape index (κ2) is 8.88. The molecular weight excluding hydrogens is 390 g/mol. The Bertz CT molecular complexity index is 1090. The Kier molecular flexibility index (Phi) is 5.85. The lowest BCUT2D eigenvalue weighted by molar-refractivity contribution is -0.130. The number of hydrogen-bond acceptors (Lipinski definition) is 3. The van der Waals surface area contributed by atoms with Crippen molar-refractivity contribution in [2.75, 3.05) is 12.0 Å². The minimum Gasteiger partial charge on any atom is -0.497 e. The van der Waals surface area contributed by atoms with Gasteiger partial charge in [-0.25, -0.2) is 4.79 Å². The average molecular weight is 413 g/mol. The predicted octanol–water partition coefficient (Wildman–Crippen LogP) is 5.20. The fourth-order valence-electron chi connectivity index (χ4n) is 3.92. The third-order valence-electron chi connectivity index (χ3n) is 5.56. The van der Waals surface area contributed by atoms with Gasteiger partial charge in [-0.2, -0.15) is 0 Å². The summed E-state index contributed by atoms with van der Waals surface area (Å²) < 4.78 is 5.27. The van der Waals surface area contributed by atoms with Gasteiger partial charge in [-0.15, -0.1) is 0 Å². The van der Waals surface area contributed by atoms with Crippen LogP contribution < -0.4 is 9.64 Å². The molecular formula is C26H23NO4. The third kappa shape index (κ3) is 4.21. The number of aromatic carboxylic acids is 1. The summed E-state index contributed by atoms with van der Waals surface area (Å²) in [5.41, 5.74) is 3.10. The molecule has 5 nitrogen and oxygen atoms in total. The molecule has 0 saturated carbocycles. The molecule has 0 radical (unpaired) electrons. The second-order valence-electron chi connectivity index (χ2n) is 7.43. The highest BCUT2D eigenvalue weighted by atomic mass is 16.5. The number of nitrogens with zero attached hydrogens (tertiary/aromatic N) is 1. The first-order valence-corrected chi connectivity index (χ1v) is 10.1. The molecule has 31 heavy (non-hydrogen) atoms. The Morgan fingerprint density at radius 1 is 1.00 bits per heavy atom. The lowest BCUT2D eigenvalue weighted by Gasteiger charge is -2.47. The van der Waals surface area contributed by atoms with Crippen molar-refractivity contribution in [1.29, 1.82) is 0 Å². The molecule has 1 heterocycles. The first-order chi connectivity index (χ1) is 15.1. The Morgan fingerprint density at radius 3 is 2.29 bits per heavy atom. The maximum atomic E-state index is 13.0. The van der Waals surface area contributed by atoms with Crippen molar-refractivity contribution in [2.24, 2.45) is 5.92 Å². The van der Waals surface area contributed by atoms with Crippen molar-refractivity contribution in [3.05, 3.63) is 102 Å². The van der Waals surface area contributed by atoms with Gasteiger partial charge in [-0.05, 0) is 53.9 Å². The van der Waals surface area contributed by atoms with E-state index in [1.165, 1.54) is 0 Å². The normalized spacial score (nSPS) is 18.1. The van der Waals surface area contributed by atoms with Gasteiger partial charge in [0.2, 0.25) is 5.91 Å². The van der Waals surface area contributed by atoms with E-state index in [1.54, 1.807) is 31.4 Å². The number of para-hydroxylation sites is 1. The lowest BCUT2D eigenvalue weighted by Crippen LogP contribution is -2.55. The van der Waals surface area contributed by atoms with Crippen LogP contribution in [0.25, 0.3) is 6.08 Å². The van der Waals surface area contributed by atoms with Gasteiger partial charge in [-0.1, -0.05) is 54.6 Å². The number of carbonyl (C=O) groups excluding carboxylic acids is 1. The maximum Gasteiger partial charge on any atom is 0.335 e. The molecule has 1 aliphatic rings. The molecule has 4 rings (SSSR count). The number of hydrogen-bond donors (Lipinski definition) is 1. The molecule has 2 atom stereocenters. The van der Waals surface area contributed by atoms with E-state index in [1.807, 2.05) is 71.6 Å². The van der Waals surface area contributed by atoms with Crippen LogP contribution in [-0.4, -0.2) is 24.1 Å². The van der Waals surface area contributed by atoms with Crippen molar-refractivity contribution in [1.82, 2.24) is 0 Å². The first kappa shape index (κ1) is 20.4. The Labute approximate surface area is 181 Å². The molecule has 1 amide bonds. The van der Waals surface area contributed by atoms with Crippen LogP contribution in [0.2, 0.25) is 0 Å². The van der Waals surface area contributed by atoms with Crippen LogP contribution in [0.5, 0.6) is 5.75 Å². The zero-order valence-electron chi connectivity index (χ0n) is 17.1. The molecule has 0 bridgehead atoms. The fraction of sp³-hybridized carbons (Fsp3) is 0.154. The highest BCUT2D eigenvalue weighted by Crippen LogP contribution is 2.45. The number of rotatable bonds is 7. The number of anilines is 1. The van der Waals surface area contributed by atoms with Crippen molar-refractivity contribution < 1.29 is 19.4 Å². The standard InChI is InChI=1S/C26H23NO4/c1-31-22-16-14-19(15-17-22)24-23(25(28)27(24)21-7-3-2-4-8-21)9-5-6-18-10-12-20(13-11-18)26(29)30/h2-8,10-17,23-24H,9H2,1H3,(H,29,30)/b6-5+/t23-,24-/m1/s1. The second-order valence-corrected chi connectivity index (χ2v) is 7.43. The van der Waals surface area contributed by atoms with E-state index in [9.17, 15) is 9.59 Å². The smallest absolute Gasteiger partial charge is 0.335 e. The van der Waals surface area contributed by atoms with Crippen molar-refractivity contribution in [3.63, 3.8) is 0 Å². The van der Waals surface area contributed by atoms with Gasteiger partial charge < -0.3 is 14.7 Å². The fourth-order valence-corrected chi connectivity index (χ4v) is 3.92. The zero-order valence-corrected chi connectivity index (χ0v) is 17.1. The molecule has 1 N–H and O–H groups in total. The molecule has 0 unspecified atom stereocenters. The molecule has 0 spiro atoms. The van der Waals surface area contributed by atoms with Gasteiger partial charge in [0, 0.05) is 5.69 Å². The minimum absolute atomic E-state index is 0.0557. The summed E-state index contributed by atoms with van der Waals surface area (Å²) in [6, 6.07) is 24.2. The topological polar surface area (TPSA) is 66.8 Å². The van der Waals surface area contributed by atoms with Crippen LogP contribution in [0.4, 0.5) is 5.69 Å². The van der Waals surface area contributed by atoms with Crippen molar-refractivity contribution in [3.8, 4) is 5.75 Å². The van der Waals surface area contributed by atoms with Crippen LogP contribution in [0.3, 0.4) is 0 Å². The molecule has 0 aliphatic carbocycles. The van der Waals surface area contributed by atoms with Gasteiger partial charge in [-0.3, -0.25) is 4.79 Å². The number of carboxylic acids is 1. The summed E-state index contributed by atoms with van der Waals surface area (Å²) in [6.45, 7) is 0. The lowest BCUT2D eigenvalue weighted by atomic mass is 9.79. The van der Waals surface area contributed by atoms with E-state index >= 15 is 0 Å². The predicted molar refractivity (Wildman–Crippen MR) is 120 cm³/mol. The largest absolute Gasteiger partial charge is 0.497 e. The Balaban J connectivity index is 1.54. The summed E-state index contributed by atoms with van der Waals surface area (Å²) in [7, 11) is 1.63. The number of β-lactam (4-membered cyclic amide) rings is 1. The highest BCUT2D eigenvalue weighted by molar-refractivity contribution is 6.03. The SMILES string of the molecule is COc1ccc([C@@H]2[C@@H](C/C=C/c3ccc(C(=O)O)cc3)C(=O)N2c2ccccc2)cc1. The third-order valence-corrected chi connectivity index (χ3v) is 5.56. The molecule has 3 aromatic carbocycles. The zero-order chi connectivity index (χ0) is 21.8. The van der Waals surface area contributed by atoms with E-state index < -0.39 is 5.97 Å². The summed E-state index contributed by atoms with van der Waals surface area (Å²) in [4.78, 5) is 25.9. The minimum atomic E-state index is -0.945. The number of amides is 1. The van der Waals surface area contributed by atoms with Crippen LogP contribution in [0.1, 0.15) is 33.9 Å². The van der Waals surface area contributed by atoms with Gasteiger partial charge >= 0.3 is 5.97 Å². The van der Waals surface area contributed by atoms with Crippen LogP contribution >= 0.6 is 0 Å². The summed E-state index contributed by atoms with van der Waals surface area (Å²) >= 11 is 0. The van der Waals surface area contributed by atoms with Gasteiger partial charge in [0.15, 0.2) is 0 Å². The molecule has 1 saturated heterocycles. The van der Waals surface area contributed by atoms with Crippen LogP contribution in [0, 0.1) is 5.92 Å². The highest BCUT2D eigenvalue weighted by Gasteiger charge is 2.47. The van der Waals surface area contributed by atoms with Crippen LogP contribution in [-0.2, 0) is 4.79 Å². The quantitative estimate of drug-likeness (QED) is 0.541. The van der Waals surface area contributed by atoms with E-state index in [-0.39, 0.29) is 23.4 Å². The summed E-state index contributed by atoms with van der Waals surface area (Å²) in [5, 5.41) is 9.01. The number of allylic oxidation sites excluding steroid dienone is 1. The first-order valence-electron chi connectivity index (χ1n) is 10.1. The van der Waals surface area contributed by atoms with Crippen LogP contribution in [0.15, 0.2) is 84.9 Å². The van der Waals surface area contributed by atoms with Gasteiger partial charge in [0.25, 0.3) is 0 Å². The summed E-state index contributed by atoms with van der Waals surface area (Å²) in [6.07, 6.45) is 4.51. The van der Waals surface area contributed by atoms with Crippen molar-refractivity contribution >= 4 is 23.6 Å². The Morgan fingerprint density at radius 2 is 1.68 bits per heavy atom. The number of carbonyl (C=O) groups is 2. The van der Waals surface area contributed by atoms with E-state index in [0.29, 0.717) is 6.42 Å². The number of methoxy groups -OCH3 is 1. The molecule has 5 heteroatoms. The average Bonchev–Trinajstić information content (AvgIpc) is 2.81. The summed E-state index contributed by atoms with van der Waals surface area (Å²) in [5.74, 6) is -0.234. The number of carboxylic acid groups (broad SMARTS) is 1. The van der Waals surface area contributed by atoms with E-state index in [2.05, 4.69) is 0 Å². The molecule has 3 aromatic rings. The van der Waals surface area contributed by atoms with E-state index in [0.717, 1.165) is 22.6 Å².